The molecule has 0 amide bonds. The Labute approximate surface area is 226 Å². The van der Waals surface area contributed by atoms with Gasteiger partial charge in [-0.2, -0.15) is 0 Å². The highest BCUT2D eigenvalue weighted by atomic mass is 32.1. The molecule has 8 aromatic rings. The molecule has 0 aliphatic heterocycles. The SMILES string of the molecule is c1csc(-c2cncc(-c3cc4ccc5cc(-c6cncc(-c7nccs7)c6)cc6ccc(c3)c4c56)c2)n1. The van der Waals surface area contributed by atoms with Gasteiger partial charge in [0.25, 0.3) is 0 Å². The Hall–Kier alpha value is -4.52. The van der Waals surface area contributed by atoms with Crippen molar-refractivity contribution in [3.8, 4) is 43.4 Å². The van der Waals surface area contributed by atoms with E-state index in [1.807, 2.05) is 47.9 Å². The molecule has 0 aliphatic rings. The summed E-state index contributed by atoms with van der Waals surface area (Å²) in [5.41, 5.74) is 6.60. The van der Waals surface area contributed by atoms with Gasteiger partial charge in [-0.05, 0) is 79.8 Å². The van der Waals surface area contributed by atoms with E-state index in [9.17, 15) is 0 Å². The van der Waals surface area contributed by atoms with Gasteiger partial charge in [0.2, 0.25) is 0 Å². The minimum absolute atomic E-state index is 0.986. The van der Waals surface area contributed by atoms with Gasteiger partial charge in [-0.15, -0.1) is 22.7 Å². The van der Waals surface area contributed by atoms with Crippen LogP contribution in [0.5, 0.6) is 0 Å². The molecule has 0 fully saturated rings. The molecule has 38 heavy (non-hydrogen) atoms. The lowest BCUT2D eigenvalue weighted by atomic mass is 9.89. The summed E-state index contributed by atoms with van der Waals surface area (Å²) in [5.74, 6) is 0. The van der Waals surface area contributed by atoms with E-state index >= 15 is 0 Å². The Morgan fingerprint density at radius 3 is 1.18 bits per heavy atom. The Kier molecular flexibility index (Phi) is 4.83. The first-order valence-electron chi connectivity index (χ1n) is 12.2. The van der Waals surface area contributed by atoms with Crippen LogP contribution in [0.4, 0.5) is 0 Å². The summed E-state index contributed by atoms with van der Waals surface area (Å²) >= 11 is 3.26. The van der Waals surface area contributed by atoms with Crippen molar-refractivity contribution in [2.24, 2.45) is 0 Å². The fourth-order valence-corrected chi connectivity index (χ4v) is 6.57. The van der Waals surface area contributed by atoms with Crippen LogP contribution in [0, 0.1) is 0 Å². The maximum Gasteiger partial charge on any atom is 0.124 e. The number of rotatable bonds is 4. The largest absolute Gasteiger partial charge is 0.263 e. The molecule has 0 spiro atoms. The Balaban J connectivity index is 1.27. The molecule has 178 valence electrons. The van der Waals surface area contributed by atoms with Crippen LogP contribution in [0.1, 0.15) is 0 Å². The zero-order valence-electron chi connectivity index (χ0n) is 20.0. The Morgan fingerprint density at radius 2 is 0.816 bits per heavy atom. The zero-order valence-corrected chi connectivity index (χ0v) is 21.6. The number of hydrogen-bond acceptors (Lipinski definition) is 6. The van der Waals surface area contributed by atoms with Crippen LogP contribution in [-0.4, -0.2) is 19.9 Å². The van der Waals surface area contributed by atoms with Crippen LogP contribution in [0.2, 0.25) is 0 Å². The molecular weight excluding hydrogens is 505 g/mol. The molecule has 0 saturated carbocycles. The van der Waals surface area contributed by atoms with Crippen molar-refractivity contribution in [3.05, 3.63) is 109 Å². The Bertz CT molecular complexity index is 1860. The third-order valence-electron chi connectivity index (χ3n) is 7.04. The minimum atomic E-state index is 0.986. The number of thiazole rings is 2. The normalized spacial score (nSPS) is 11.7. The Morgan fingerprint density at radius 1 is 0.421 bits per heavy atom. The summed E-state index contributed by atoms with van der Waals surface area (Å²) in [6, 6.07) is 22.4. The number of benzene rings is 4. The van der Waals surface area contributed by atoms with Crippen molar-refractivity contribution < 1.29 is 0 Å². The van der Waals surface area contributed by atoms with E-state index in [1.54, 1.807) is 22.7 Å². The van der Waals surface area contributed by atoms with Crippen LogP contribution in [0.3, 0.4) is 0 Å². The predicted molar refractivity (Wildman–Crippen MR) is 159 cm³/mol. The third-order valence-corrected chi connectivity index (χ3v) is 8.68. The average Bonchev–Trinajstić information content (AvgIpc) is 3.71. The molecule has 4 nitrogen and oxygen atoms in total. The number of hydrogen-bond donors (Lipinski definition) is 0. The number of aromatic nitrogens is 4. The van der Waals surface area contributed by atoms with Gasteiger partial charge in [0.05, 0.1) is 0 Å². The molecule has 0 N–H and O–H groups in total. The molecule has 0 unspecified atom stereocenters. The molecular formula is C32H18N4S2. The molecule has 0 radical (unpaired) electrons. The lowest BCUT2D eigenvalue weighted by molar-refractivity contribution is 1.31. The molecule has 0 saturated heterocycles. The quantitative estimate of drug-likeness (QED) is 0.217. The van der Waals surface area contributed by atoms with Crippen LogP contribution in [0.15, 0.2) is 109 Å². The maximum absolute atomic E-state index is 4.52. The van der Waals surface area contributed by atoms with Gasteiger partial charge in [0.1, 0.15) is 10.0 Å². The highest BCUT2D eigenvalue weighted by molar-refractivity contribution is 7.13. The fraction of sp³-hybridized carbons (Fsp3) is 0. The van der Waals surface area contributed by atoms with E-state index in [-0.39, 0.29) is 0 Å². The molecule has 4 heterocycles. The van der Waals surface area contributed by atoms with Crippen LogP contribution < -0.4 is 0 Å². The van der Waals surface area contributed by atoms with Crippen molar-refractivity contribution in [1.82, 2.24) is 19.9 Å². The summed E-state index contributed by atoms with van der Waals surface area (Å²) in [4.78, 5) is 17.9. The van der Waals surface area contributed by atoms with Gasteiger partial charge in [-0.3, -0.25) is 9.97 Å². The molecule has 4 aromatic heterocycles. The molecule has 8 rings (SSSR count). The maximum atomic E-state index is 4.52. The fourth-order valence-electron chi connectivity index (χ4n) is 5.33. The molecule has 0 atom stereocenters. The highest BCUT2D eigenvalue weighted by Crippen LogP contribution is 2.40. The van der Waals surface area contributed by atoms with Gasteiger partial charge in [0.15, 0.2) is 0 Å². The third kappa shape index (κ3) is 3.49. The summed E-state index contributed by atoms with van der Waals surface area (Å²) < 4.78 is 0. The second-order valence-electron chi connectivity index (χ2n) is 9.33. The topological polar surface area (TPSA) is 51.6 Å². The average molecular weight is 523 g/mol. The monoisotopic (exact) mass is 522 g/mol. The van der Waals surface area contributed by atoms with Crippen LogP contribution >= 0.6 is 22.7 Å². The zero-order chi connectivity index (χ0) is 25.1. The number of nitrogens with zero attached hydrogens (tertiary/aromatic N) is 4. The molecule has 0 bridgehead atoms. The van der Waals surface area contributed by atoms with Gasteiger partial charge in [-0.1, -0.05) is 24.3 Å². The summed E-state index contributed by atoms with van der Waals surface area (Å²) in [5, 5.41) is 13.5. The van der Waals surface area contributed by atoms with E-state index in [0.29, 0.717) is 0 Å². The van der Waals surface area contributed by atoms with Crippen molar-refractivity contribution in [2.45, 2.75) is 0 Å². The van der Waals surface area contributed by atoms with E-state index < -0.39 is 0 Å². The van der Waals surface area contributed by atoms with Crippen molar-refractivity contribution in [2.75, 3.05) is 0 Å². The molecule has 0 aliphatic carbocycles. The summed E-state index contributed by atoms with van der Waals surface area (Å²) in [7, 11) is 0. The van der Waals surface area contributed by atoms with E-state index in [0.717, 1.165) is 43.4 Å². The first-order valence-corrected chi connectivity index (χ1v) is 14.0. The van der Waals surface area contributed by atoms with Crippen LogP contribution in [-0.2, 0) is 0 Å². The summed E-state index contributed by atoms with van der Waals surface area (Å²) in [6.45, 7) is 0. The minimum Gasteiger partial charge on any atom is -0.263 e. The second kappa shape index (κ2) is 8.52. The van der Waals surface area contributed by atoms with Crippen molar-refractivity contribution in [3.63, 3.8) is 0 Å². The van der Waals surface area contributed by atoms with Crippen molar-refractivity contribution in [1.29, 1.82) is 0 Å². The first-order chi connectivity index (χ1) is 18.8. The lowest BCUT2D eigenvalue weighted by Gasteiger charge is -2.14. The van der Waals surface area contributed by atoms with E-state index in [2.05, 4.69) is 80.6 Å². The van der Waals surface area contributed by atoms with Gasteiger partial charge >= 0.3 is 0 Å². The van der Waals surface area contributed by atoms with Gasteiger partial charge in [0, 0.05) is 70.2 Å². The van der Waals surface area contributed by atoms with Gasteiger partial charge < -0.3 is 0 Å². The lowest BCUT2D eigenvalue weighted by Crippen LogP contribution is -1.89. The summed E-state index contributed by atoms with van der Waals surface area (Å²) in [6.07, 6.45) is 11.3. The van der Waals surface area contributed by atoms with E-state index in [4.69, 9.17) is 0 Å². The number of pyridine rings is 2. The van der Waals surface area contributed by atoms with E-state index in [1.165, 1.54) is 32.3 Å². The van der Waals surface area contributed by atoms with Crippen LogP contribution in [0.25, 0.3) is 75.7 Å². The van der Waals surface area contributed by atoms with Crippen molar-refractivity contribution >= 4 is 55.0 Å². The van der Waals surface area contributed by atoms with Gasteiger partial charge in [-0.25, -0.2) is 9.97 Å². The molecule has 6 heteroatoms. The first kappa shape index (κ1) is 21.6. The predicted octanol–water partition coefficient (Wildman–Crippen LogP) is 8.95. The second-order valence-corrected chi connectivity index (χ2v) is 11.1. The smallest absolute Gasteiger partial charge is 0.124 e. The molecule has 4 aromatic carbocycles. The standard InChI is InChI=1S/C32H18N4S2/c1-2-20-10-24(26-14-28(18-34-16-26)32-36-6-8-38-32)12-22-4-3-21-11-23(9-19(1)29(21)30(20)22)25-13-27(17-33-15-25)31-35-5-7-37-31/h1-18H. The highest BCUT2D eigenvalue weighted by Gasteiger charge is 2.13.